The number of rotatable bonds is 6. The zero-order chi connectivity index (χ0) is 12.8. The summed E-state index contributed by atoms with van der Waals surface area (Å²) in [6, 6.07) is 6.50. The molecule has 0 fully saturated rings. The molecule has 0 aromatic heterocycles. The first kappa shape index (κ1) is 13.4. The third kappa shape index (κ3) is 3.47. The topological polar surface area (TPSA) is 44.5 Å². The van der Waals surface area contributed by atoms with Gasteiger partial charge in [-0.25, -0.2) is 0 Å². The molecule has 1 atom stereocenters. The average molecular weight is 249 g/mol. The molecule has 0 bridgehead atoms. The third-order valence-electron chi connectivity index (χ3n) is 3.38. The molecular formula is C15H23NO2. The molecule has 1 aliphatic carbocycles. The van der Waals surface area contributed by atoms with Crippen molar-refractivity contribution in [2.24, 2.45) is 5.73 Å². The largest absolute Gasteiger partial charge is 0.493 e. The van der Waals surface area contributed by atoms with Gasteiger partial charge in [-0.1, -0.05) is 6.07 Å². The van der Waals surface area contributed by atoms with E-state index in [1.165, 1.54) is 17.5 Å². The van der Waals surface area contributed by atoms with Crippen LogP contribution in [-0.4, -0.2) is 19.8 Å². The van der Waals surface area contributed by atoms with Gasteiger partial charge in [0, 0.05) is 25.7 Å². The smallest absolute Gasteiger partial charge is 0.119 e. The lowest BCUT2D eigenvalue weighted by Crippen LogP contribution is -2.17. The molecule has 2 rings (SSSR count). The minimum absolute atomic E-state index is 0.181. The lowest BCUT2D eigenvalue weighted by atomic mass is 9.88. The highest BCUT2D eigenvalue weighted by molar-refractivity contribution is 5.39. The Morgan fingerprint density at radius 2 is 2.22 bits per heavy atom. The van der Waals surface area contributed by atoms with E-state index in [-0.39, 0.29) is 6.04 Å². The first-order valence-electron chi connectivity index (χ1n) is 6.90. The monoisotopic (exact) mass is 249 g/mol. The normalized spacial score (nSPS) is 18.4. The van der Waals surface area contributed by atoms with E-state index in [9.17, 15) is 0 Å². The SMILES string of the molecule is CCOCCCOc1ccc2c(c1)C(N)CCC2. The van der Waals surface area contributed by atoms with Crippen LogP contribution in [0.5, 0.6) is 5.75 Å². The van der Waals surface area contributed by atoms with Crippen molar-refractivity contribution in [2.45, 2.75) is 38.6 Å². The number of hydrogen-bond donors (Lipinski definition) is 1. The van der Waals surface area contributed by atoms with E-state index in [4.69, 9.17) is 15.2 Å². The Bertz CT molecular complexity index is 379. The Morgan fingerprint density at radius 1 is 1.33 bits per heavy atom. The molecule has 0 saturated carbocycles. The Kier molecular flexibility index (Phi) is 5.02. The summed E-state index contributed by atoms with van der Waals surface area (Å²) < 4.78 is 11.0. The second-order valence-corrected chi connectivity index (χ2v) is 4.76. The highest BCUT2D eigenvalue weighted by Crippen LogP contribution is 2.30. The van der Waals surface area contributed by atoms with E-state index < -0.39 is 0 Å². The summed E-state index contributed by atoms with van der Waals surface area (Å²) in [5.41, 5.74) is 8.79. The summed E-state index contributed by atoms with van der Waals surface area (Å²) in [6.45, 7) is 4.24. The van der Waals surface area contributed by atoms with Gasteiger partial charge in [-0.15, -0.1) is 0 Å². The van der Waals surface area contributed by atoms with Crippen LogP contribution in [0.3, 0.4) is 0 Å². The van der Waals surface area contributed by atoms with Crippen LogP contribution in [-0.2, 0) is 11.2 Å². The van der Waals surface area contributed by atoms with Crippen LogP contribution < -0.4 is 10.5 Å². The summed E-state index contributed by atoms with van der Waals surface area (Å²) in [7, 11) is 0. The summed E-state index contributed by atoms with van der Waals surface area (Å²) in [5, 5.41) is 0. The summed E-state index contributed by atoms with van der Waals surface area (Å²) in [5.74, 6) is 0.933. The standard InChI is InChI=1S/C15H23NO2/c1-2-17-9-4-10-18-13-8-7-12-5-3-6-15(16)14(12)11-13/h7-8,11,15H,2-6,9-10,16H2,1H3. The molecule has 1 aromatic carbocycles. The Balaban J connectivity index is 1.88. The second-order valence-electron chi connectivity index (χ2n) is 4.76. The minimum atomic E-state index is 0.181. The number of ether oxygens (including phenoxy) is 2. The number of fused-ring (bicyclic) bond motifs is 1. The highest BCUT2D eigenvalue weighted by atomic mass is 16.5. The molecule has 1 aromatic rings. The van der Waals surface area contributed by atoms with Crippen molar-refractivity contribution in [3.8, 4) is 5.75 Å². The molecule has 0 spiro atoms. The summed E-state index contributed by atoms with van der Waals surface area (Å²) in [6.07, 6.45) is 4.36. The Hall–Kier alpha value is -1.06. The highest BCUT2D eigenvalue weighted by Gasteiger charge is 2.17. The average Bonchev–Trinajstić information content (AvgIpc) is 2.39. The van der Waals surface area contributed by atoms with E-state index in [2.05, 4.69) is 18.2 Å². The van der Waals surface area contributed by atoms with Gasteiger partial charge in [-0.3, -0.25) is 0 Å². The maximum atomic E-state index is 6.13. The van der Waals surface area contributed by atoms with Gasteiger partial charge in [0.1, 0.15) is 5.75 Å². The molecule has 3 nitrogen and oxygen atoms in total. The van der Waals surface area contributed by atoms with Crippen molar-refractivity contribution in [3.63, 3.8) is 0 Å². The molecule has 0 saturated heterocycles. The van der Waals surface area contributed by atoms with Gasteiger partial charge < -0.3 is 15.2 Å². The molecule has 0 aliphatic heterocycles. The van der Waals surface area contributed by atoms with Gasteiger partial charge >= 0.3 is 0 Å². The van der Waals surface area contributed by atoms with Gasteiger partial charge in [0.05, 0.1) is 6.61 Å². The second kappa shape index (κ2) is 6.76. The van der Waals surface area contributed by atoms with Gasteiger partial charge in [0.15, 0.2) is 0 Å². The molecular weight excluding hydrogens is 226 g/mol. The van der Waals surface area contributed by atoms with Crippen molar-refractivity contribution < 1.29 is 9.47 Å². The molecule has 1 unspecified atom stereocenters. The van der Waals surface area contributed by atoms with Crippen molar-refractivity contribution >= 4 is 0 Å². The van der Waals surface area contributed by atoms with Crippen LogP contribution in [0.15, 0.2) is 18.2 Å². The maximum Gasteiger partial charge on any atom is 0.119 e. The minimum Gasteiger partial charge on any atom is -0.493 e. The van der Waals surface area contributed by atoms with Crippen molar-refractivity contribution in [1.29, 1.82) is 0 Å². The van der Waals surface area contributed by atoms with E-state index in [0.29, 0.717) is 6.61 Å². The number of hydrogen-bond acceptors (Lipinski definition) is 3. The fourth-order valence-electron chi connectivity index (χ4n) is 2.40. The molecule has 2 N–H and O–H groups in total. The van der Waals surface area contributed by atoms with Gasteiger partial charge in [0.25, 0.3) is 0 Å². The van der Waals surface area contributed by atoms with Crippen LogP contribution in [0, 0.1) is 0 Å². The van der Waals surface area contributed by atoms with Crippen LogP contribution in [0.1, 0.15) is 43.4 Å². The zero-order valence-electron chi connectivity index (χ0n) is 11.2. The molecule has 3 heteroatoms. The molecule has 1 aliphatic rings. The van der Waals surface area contributed by atoms with Gasteiger partial charge in [-0.05, 0) is 49.4 Å². The number of nitrogens with two attached hydrogens (primary N) is 1. The van der Waals surface area contributed by atoms with Crippen molar-refractivity contribution in [1.82, 2.24) is 0 Å². The fourth-order valence-corrected chi connectivity index (χ4v) is 2.40. The van der Waals surface area contributed by atoms with E-state index in [0.717, 1.165) is 38.2 Å². The lowest BCUT2D eigenvalue weighted by molar-refractivity contribution is 0.131. The van der Waals surface area contributed by atoms with E-state index in [1.54, 1.807) is 0 Å². The van der Waals surface area contributed by atoms with E-state index in [1.807, 2.05) is 6.92 Å². The summed E-state index contributed by atoms with van der Waals surface area (Å²) >= 11 is 0. The predicted molar refractivity (Wildman–Crippen MR) is 72.9 cm³/mol. The first-order chi connectivity index (χ1) is 8.81. The Labute approximate surface area is 109 Å². The molecule has 0 amide bonds. The van der Waals surface area contributed by atoms with Crippen LogP contribution in [0.25, 0.3) is 0 Å². The quantitative estimate of drug-likeness (QED) is 0.788. The van der Waals surface area contributed by atoms with Crippen LogP contribution >= 0.6 is 0 Å². The van der Waals surface area contributed by atoms with Crippen LogP contribution in [0.2, 0.25) is 0 Å². The molecule has 18 heavy (non-hydrogen) atoms. The maximum absolute atomic E-state index is 6.13. The molecule has 0 radical (unpaired) electrons. The Morgan fingerprint density at radius 3 is 3.06 bits per heavy atom. The van der Waals surface area contributed by atoms with Gasteiger partial charge in [-0.2, -0.15) is 0 Å². The molecule has 100 valence electrons. The fraction of sp³-hybridized carbons (Fsp3) is 0.600. The summed E-state index contributed by atoms with van der Waals surface area (Å²) in [4.78, 5) is 0. The first-order valence-corrected chi connectivity index (χ1v) is 6.90. The number of benzene rings is 1. The van der Waals surface area contributed by atoms with Gasteiger partial charge in [0.2, 0.25) is 0 Å². The molecule has 0 heterocycles. The zero-order valence-corrected chi connectivity index (χ0v) is 11.2. The lowest BCUT2D eigenvalue weighted by Gasteiger charge is -2.22. The van der Waals surface area contributed by atoms with Crippen molar-refractivity contribution in [2.75, 3.05) is 19.8 Å². The van der Waals surface area contributed by atoms with Crippen molar-refractivity contribution in [3.05, 3.63) is 29.3 Å². The predicted octanol–water partition coefficient (Wildman–Crippen LogP) is 2.83. The third-order valence-corrected chi connectivity index (χ3v) is 3.38. The van der Waals surface area contributed by atoms with E-state index >= 15 is 0 Å². The van der Waals surface area contributed by atoms with Crippen LogP contribution in [0.4, 0.5) is 0 Å². The number of aryl methyl sites for hydroxylation is 1.